The Kier molecular flexibility index (Phi) is 5.06. The second-order valence-electron chi connectivity index (χ2n) is 4.89. The lowest BCUT2D eigenvalue weighted by Gasteiger charge is -2.16. The number of hydrogen-bond donors (Lipinski definition) is 1. The molecule has 1 N–H and O–H groups in total. The van der Waals surface area contributed by atoms with Crippen LogP contribution in [0.15, 0.2) is 51.4 Å². The summed E-state index contributed by atoms with van der Waals surface area (Å²) >= 11 is 6.99. The third-order valence-electron chi connectivity index (χ3n) is 2.91. The van der Waals surface area contributed by atoms with Gasteiger partial charge in [-0.25, -0.2) is 0 Å². The number of nitrogens with one attached hydrogen (secondary N) is 1. The monoisotopic (exact) mass is 381 g/mol. The number of halogens is 2. The van der Waals surface area contributed by atoms with E-state index in [0.29, 0.717) is 6.04 Å². The molecule has 0 amide bonds. The van der Waals surface area contributed by atoms with Crippen LogP contribution in [0.1, 0.15) is 18.1 Å². The maximum Gasteiger partial charge on any atom is 0.0356 e. The van der Waals surface area contributed by atoms with Gasteiger partial charge in [-0.05, 0) is 61.7 Å². The van der Waals surface area contributed by atoms with Crippen LogP contribution in [0.3, 0.4) is 0 Å². The Morgan fingerprint density at radius 1 is 1.00 bits per heavy atom. The van der Waals surface area contributed by atoms with Crippen molar-refractivity contribution in [3.63, 3.8) is 0 Å². The summed E-state index contributed by atoms with van der Waals surface area (Å²) in [6.07, 6.45) is 1.01. The predicted octanol–water partition coefficient (Wildman–Crippen LogP) is 5.56. The molecule has 0 aliphatic carbocycles. The highest BCUT2D eigenvalue weighted by molar-refractivity contribution is 9.10. The molecule has 2 aromatic carbocycles. The molecule has 0 aromatic heterocycles. The van der Waals surface area contributed by atoms with E-state index in [1.165, 1.54) is 11.1 Å². The lowest BCUT2D eigenvalue weighted by atomic mass is 10.1. The summed E-state index contributed by atoms with van der Waals surface area (Å²) in [4.78, 5) is 0. The highest BCUT2D eigenvalue weighted by Crippen LogP contribution is 2.20. The molecule has 1 unspecified atom stereocenters. The third-order valence-corrected chi connectivity index (χ3v) is 3.90. The Balaban J connectivity index is 2.00. The molecule has 2 aromatic rings. The van der Waals surface area contributed by atoms with Crippen LogP contribution in [0.2, 0.25) is 0 Å². The van der Waals surface area contributed by atoms with Crippen molar-refractivity contribution >= 4 is 37.5 Å². The van der Waals surface area contributed by atoms with Crippen molar-refractivity contribution < 1.29 is 0 Å². The molecule has 100 valence electrons. The first-order valence-corrected chi connectivity index (χ1v) is 7.90. The van der Waals surface area contributed by atoms with Gasteiger partial charge in [0.1, 0.15) is 0 Å². The molecule has 3 heteroatoms. The van der Waals surface area contributed by atoms with Crippen molar-refractivity contribution in [2.24, 2.45) is 0 Å². The average molecular weight is 383 g/mol. The van der Waals surface area contributed by atoms with Crippen LogP contribution in [-0.2, 0) is 6.42 Å². The van der Waals surface area contributed by atoms with Crippen LogP contribution < -0.4 is 5.32 Å². The molecule has 0 aliphatic heterocycles. The molecule has 1 nitrogen and oxygen atoms in total. The minimum absolute atomic E-state index is 0.398. The summed E-state index contributed by atoms with van der Waals surface area (Å²) in [5.41, 5.74) is 3.76. The molecule has 0 saturated carbocycles. The molecule has 2 rings (SSSR count). The zero-order chi connectivity index (χ0) is 13.8. The van der Waals surface area contributed by atoms with Crippen LogP contribution in [0, 0.1) is 6.92 Å². The maximum absolute atomic E-state index is 3.54. The molecule has 0 spiro atoms. The summed E-state index contributed by atoms with van der Waals surface area (Å²) in [5.74, 6) is 0. The second kappa shape index (κ2) is 6.58. The zero-order valence-electron chi connectivity index (χ0n) is 11.1. The summed E-state index contributed by atoms with van der Waals surface area (Å²) < 4.78 is 2.24. The predicted molar refractivity (Wildman–Crippen MR) is 89.8 cm³/mol. The summed E-state index contributed by atoms with van der Waals surface area (Å²) in [6, 6.07) is 15.3. The van der Waals surface area contributed by atoms with Crippen molar-refractivity contribution in [1.29, 1.82) is 0 Å². The van der Waals surface area contributed by atoms with E-state index in [4.69, 9.17) is 0 Å². The van der Waals surface area contributed by atoms with Crippen molar-refractivity contribution in [3.8, 4) is 0 Å². The van der Waals surface area contributed by atoms with E-state index in [1.54, 1.807) is 0 Å². The van der Waals surface area contributed by atoms with Gasteiger partial charge in [-0.1, -0.05) is 44.0 Å². The van der Waals surface area contributed by atoms with Gasteiger partial charge >= 0.3 is 0 Å². The summed E-state index contributed by atoms with van der Waals surface area (Å²) in [6.45, 7) is 4.31. The van der Waals surface area contributed by atoms with E-state index in [0.717, 1.165) is 21.1 Å². The van der Waals surface area contributed by atoms with E-state index in [1.807, 2.05) is 0 Å². The zero-order valence-corrected chi connectivity index (χ0v) is 14.3. The quantitative estimate of drug-likeness (QED) is 0.729. The highest BCUT2D eigenvalue weighted by atomic mass is 79.9. The molecule has 0 radical (unpaired) electrons. The minimum Gasteiger partial charge on any atom is -0.382 e. The largest absolute Gasteiger partial charge is 0.382 e. The number of rotatable bonds is 4. The van der Waals surface area contributed by atoms with Gasteiger partial charge in [0.05, 0.1) is 0 Å². The molecule has 0 bridgehead atoms. The fraction of sp³-hybridized carbons (Fsp3) is 0.250. The molecular formula is C16H17Br2N. The van der Waals surface area contributed by atoms with Gasteiger partial charge in [0.25, 0.3) is 0 Å². The molecular weight excluding hydrogens is 366 g/mol. The number of anilines is 1. The Labute approximate surface area is 131 Å². The fourth-order valence-corrected chi connectivity index (χ4v) is 3.00. The maximum atomic E-state index is 3.54. The van der Waals surface area contributed by atoms with Crippen molar-refractivity contribution in [2.75, 3.05) is 5.32 Å². The van der Waals surface area contributed by atoms with Gasteiger partial charge in [-0.2, -0.15) is 0 Å². The van der Waals surface area contributed by atoms with Crippen LogP contribution in [0.5, 0.6) is 0 Å². The van der Waals surface area contributed by atoms with Gasteiger partial charge in [-0.15, -0.1) is 0 Å². The standard InChI is InChI=1S/C16H17Br2N/c1-11-7-15(18)10-16(8-11)19-12(2)9-13-3-5-14(17)6-4-13/h3-8,10,12,19H,9H2,1-2H3. The minimum atomic E-state index is 0.398. The lowest BCUT2D eigenvalue weighted by Crippen LogP contribution is -2.18. The van der Waals surface area contributed by atoms with Crippen LogP contribution >= 0.6 is 31.9 Å². The highest BCUT2D eigenvalue weighted by Gasteiger charge is 2.05. The van der Waals surface area contributed by atoms with Crippen LogP contribution in [-0.4, -0.2) is 6.04 Å². The van der Waals surface area contributed by atoms with Crippen molar-refractivity contribution in [2.45, 2.75) is 26.3 Å². The average Bonchev–Trinajstić information content (AvgIpc) is 2.30. The first-order valence-electron chi connectivity index (χ1n) is 6.31. The fourth-order valence-electron chi connectivity index (χ4n) is 2.13. The Morgan fingerprint density at radius 2 is 1.68 bits per heavy atom. The van der Waals surface area contributed by atoms with Crippen molar-refractivity contribution in [3.05, 3.63) is 62.5 Å². The van der Waals surface area contributed by atoms with Gasteiger partial charge in [0, 0.05) is 20.7 Å². The SMILES string of the molecule is Cc1cc(Br)cc(NC(C)Cc2ccc(Br)cc2)c1. The Morgan fingerprint density at radius 3 is 2.32 bits per heavy atom. The van der Waals surface area contributed by atoms with E-state index >= 15 is 0 Å². The van der Waals surface area contributed by atoms with Crippen LogP contribution in [0.25, 0.3) is 0 Å². The topological polar surface area (TPSA) is 12.0 Å². The number of hydrogen-bond acceptors (Lipinski definition) is 1. The molecule has 0 fully saturated rings. The third kappa shape index (κ3) is 4.66. The normalized spacial score (nSPS) is 12.2. The van der Waals surface area contributed by atoms with Gasteiger partial charge in [-0.3, -0.25) is 0 Å². The first kappa shape index (κ1) is 14.6. The Hall–Kier alpha value is -0.800. The molecule has 19 heavy (non-hydrogen) atoms. The van der Waals surface area contributed by atoms with Gasteiger partial charge in [0.2, 0.25) is 0 Å². The number of benzene rings is 2. The van der Waals surface area contributed by atoms with E-state index in [-0.39, 0.29) is 0 Å². The van der Waals surface area contributed by atoms with E-state index in [2.05, 4.69) is 93.5 Å². The van der Waals surface area contributed by atoms with Gasteiger partial charge < -0.3 is 5.32 Å². The van der Waals surface area contributed by atoms with E-state index < -0.39 is 0 Å². The summed E-state index contributed by atoms with van der Waals surface area (Å²) in [5, 5.41) is 3.54. The first-order chi connectivity index (χ1) is 9.02. The smallest absolute Gasteiger partial charge is 0.0356 e. The molecule has 0 saturated heterocycles. The molecule has 0 aliphatic rings. The van der Waals surface area contributed by atoms with Gasteiger partial charge in [0.15, 0.2) is 0 Å². The number of aryl methyl sites for hydroxylation is 1. The van der Waals surface area contributed by atoms with Crippen molar-refractivity contribution in [1.82, 2.24) is 0 Å². The lowest BCUT2D eigenvalue weighted by molar-refractivity contribution is 0.790. The molecule has 1 atom stereocenters. The molecule has 0 heterocycles. The summed E-state index contributed by atoms with van der Waals surface area (Å²) in [7, 11) is 0. The second-order valence-corrected chi connectivity index (χ2v) is 6.72. The van der Waals surface area contributed by atoms with Crippen LogP contribution in [0.4, 0.5) is 5.69 Å². The Bertz CT molecular complexity index is 529. The van der Waals surface area contributed by atoms with E-state index in [9.17, 15) is 0 Å².